The molecule has 1 aromatic heterocycles. The van der Waals surface area contributed by atoms with E-state index in [1.807, 2.05) is 30.3 Å². The summed E-state index contributed by atoms with van der Waals surface area (Å²) in [5.74, 6) is -2.20. The Bertz CT molecular complexity index is 1520. The van der Waals surface area contributed by atoms with Crippen LogP contribution in [0.2, 0.25) is 0 Å². The summed E-state index contributed by atoms with van der Waals surface area (Å²) in [5, 5.41) is 12.5. The van der Waals surface area contributed by atoms with E-state index < -0.39 is 35.2 Å². The van der Waals surface area contributed by atoms with Crippen LogP contribution in [-0.4, -0.2) is 21.5 Å². The number of ether oxygens (including phenoxy) is 1. The molecular weight excluding hydrogens is 534 g/mol. The van der Waals surface area contributed by atoms with Gasteiger partial charge in [0.15, 0.2) is 0 Å². The quantitative estimate of drug-likeness (QED) is 0.236. The van der Waals surface area contributed by atoms with Crippen molar-refractivity contribution in [2.75, 3.05) is 5.32 Å². The van der Waals surface area contributed by atoms with E-state index in [2.05, 4.69) is 9.69 Å². The number of rotatable bonds is 7. The summed E-state index contributed by atoms with van der Waals surface area (Å²) < 4.78 is 40.2. The van der Waals surface area contributed by atoms with Gasteiger partial charge in [-0.1, -0.05) is 73.9 Å². The highest BCUT2D eigenvalue weighted by molar-refractivity contribution is 7.10. The summed E-state index contributed by atoms with van der Waals surface area (Å²) in [4.78, 5) is 24.9. The zero-order valence-electron chi connectivity index (χ0n) is 21.8. The number of hydrogen-bond donors (Lipinski definition) is 2. The fourth-order valence-electron chi connectivity index (χ4n) is 5.31. The molecule has 0 spiro atoms. The number of halogens is 2. The third-order valence-corrected chi connectivity index (χ3v) is 8.36. The van der Waals surface area contributed by atoms with Crippen LogP contribution in [0.4, 0.5) is 19.3 Å². The Labute approximate surface area is 234 Å². The molecule has 9 heteroatoms. The fraction of sp³-hybridized carbons (Fsp3) is 0.258. The van der Waals surface area contributed by atoms with Crippen LogP contribution in [0.1, 0.15) is 56.3 Å². The third-order valence-electron chi connectivity index (χ3n) is 7.53. The van der Waals surface area contributed by atoms with Crippen molar-refractivity contribution in [3.05, 3.63) is 95.7 Å². The SMILES string of the molecule is C[C@@H](OC(=O)Nc1cnsc1-c1cc(F)c(-c2ccc(C3(C(=O)O)CCCCC3)cc2)cc1F)c1ccccc1. The minimum atomic E-state index is -0.944. The Morgan fingerprint density at radius 2 is 1.62 bits per heavy atom. The molecule has 0 bridgehead atoms. The standard InChI is InChI=1S/C31H28F2N2O4S/c1-19(20-8-4-2-5-9-20)39-30(38)35-27-18-34-40-28(27)24-17-25(32)23(16-26(24)33)21-10-12-22(13-11-21)31(29(36)37)14-6-3-7-15-31/h2,4-5,8-13,16-19H,3,6-7,14-15H2,1H3,(H,35,38)(H,36,37)/t19-/m1/s1. The summed E-state index contributed by atoms with van der Waals surface area (Å²) in [5.41, 5.74) is 1.20. The summed E-state index contributed by atoms with van der Waals surface area (Å²) in [6.07, 6.45) is 3.91. The van der Waals surface area contributed by atoms with E-state index in [9.17, 15) is 14.7 Å². The number of hydrogen-bond acceptors (Lipinski definition) is 5. The molecule has 0 saturated heterocycles. The van der Waals surface area contributed by atoms with Gasteiger partial charge in [-0.2, -0.15) is 4.37 Å². The zero-order valence-corrected chi connectivity index (χ0v) is 22.6. The number of nitrogens with zero attached hydrogens (tertiary/aromatic N) is 1. The van der Waals surface area contributed by atoms with Gasteiger partial charge in [0.2, 0.25) is 0 Å². The van der Waals surface area contributed by atoms with Crippen molar-refractivity contribution >= 4 is 29.3 Å². The molecule has 6 nitrogen and oxygen atoms in total. The van der Waals surface area contributed by atoms with Gasteiger partial charge in [-0.25, -0.2) is 13.6 Å². The highest BCUT2D eigenvalue weighted by Gasteiger charge is 2.41. The van der Waals surface area contributed by atoms with E-state index in [0.717, 1.165) is 48.5 Å². The van der Waals surface area contributed by atoms with Crippen molar-refractivity contribution in [2.45, 2.75) is 50.5 Å². The maximum absolute atomic E-state index is 15.4. The van der Waals surface area contributed by atoms with E-state index in [0.29, 0.717) is 24.0 Å². The van der Waals surface area contributed by atoms with Crippen LogP contribution in [0, 0.1) is 11.6 Å². The van der Waals surface area contributed by atoms with Crippen molar-refractivity contribution < 1.29 is 28.2 Å². The Kier molecular flexibility index (Phi) is 7.93. The molecule has 1 aliphatic carbocycles. The minimum Gasteiger partial charge on any atom is -0.481 e. The molecule has 1 saturated carbocycles. The molecule has 3 aromatic carbocycles. The summed E-state index contributed by atoms with van der Waals surface area (Å²) in [6, 6.07) is 18.1. The second kappa shape index (κ2) is 11.6. The number of amides is 1. The van der Waals surface area contributed by atoms with E-state index >= 15 is 8.78 Å². The summed E-state index contributed by atoms with van der Waals surface area (Å²) >= 11 is 0.922. The van der Waals surface area contributed by atoms with Gasteiger partial charge < -0.3 is 9.84 Å². The predicted octanol–water partition coefficient (Wildman–Crippen LogP) is 8.35. The lowest BCUT2D eigenvalue weighted by atomic mass is 9.69. The van der Waals surface area contributed by atoms with Crippen LogP contribution in [0.3, 0.4) is 0 Å². The van der Waals surface area contributed by atoms with Gasteiger partial charge in [0.25, 0.3) is 0 Å². The lowest BCUT2D eigenvalue weighted by molar-refractivity contribution is -0.145. The average molecular weight is 563 g/mol. The molecule has 5 rings (SSSR count). The first-order valence-corrected chi connectivity index (χ1v) is 13.9. The topological polar surface area (TPSA) is 88.5 Å². The first-order chi connectivity index (χ1) is 19.3. The molecule has 2 N–H and O–H groups in total. The van der Waals surface area contributed by atoms with Crippen LogP contribution in [0.5, 0.6) is 0 Å². The van der Waals surface area contributed by atoms with E-state index in [-0.39, 0.29) is 21.7 Å². The fourth-order valence-corrected chi connectivity index (χ4v) is 6.03. The second-order valence-corrected chi connectivity index (χ2v) is 10.8. The number of aliphatic carboxylic acids is 1. The number of nitrogens with one attached hydrogen (secondary N) is 1. The van der Waals surface area contributed by atoms with Crippen molar-refractivity contribution in [3.8, 4) is 21.6 Å². The van der Waals surface area contributed by atoms with Gasteiger partial charge in [-0.15, -0.1) is 0 Å². The lowest BCUT2D eigenvalue weighted by Gasteiger charge is -2.33. The number of aromatic nitrogens is 1. The summed E-state index contributed by atoms with van der Waals surface area (Å²) in [6.45, 7) is 1.73. The number of benzene rings is 3. The highest BCUT2D eigenvalue weighted by Crippen LogP contribution is 2.41. The monoisotopic (exact) mass is 562 g/mol. The maximum atomic E-state index is 15.4. The van der Waals surface area contributed by atoms with E-state index in [1.165, 1.54) is 6.20 Å². The maximum Gasteiger partial charge on any atom is 0.412 e. The predicted molar refractivity (Wildman–Crippen MR) is 150 cm³/mol. The first-order valence-electron chi connectivity index (χ1n) is 13.1. The zero-order chi connectivity index (χ0) is 28.3. The Hall–Kier alpha value is -4.11. The molecule has 1 amide bonds. The smallest absolute Gasteiger partial charge is 0.412 e. The largest absolute Gasteiger partial charge is 0.481 e. The average Bonchev–Trinajstić information content (AvgIpc) is 3.42. The molecule has 0 aliphatic heterocycles. The third kappa shape index (κ3) is 5.47. The van der Waals surface area contributed by atoms with Gasteiger partial charge in [-0.05, 0) is 60.1 Å². The molecule has 1 aliphatic rings. The molecular formula is C31H28F2N2O4S. The highest BCUT2D eigenvalue weighted by atomic mass is 32.1. The Balaban J connectivity index is 1.36. The van der Waals surface area contributed by atoms with Gasteiger partial charge >= 0.3 is 12.1 Å². The van der Waals surface area contributed by atoms with E-state index in [1.54, 1.807) is 31.2 Å². The van der Waals surface area contributed by atoms with Crippen LogP contribution >= 0.6 is 11.5 Å². The van der Waals surface area contributed by atoms with Crippen molar-refractivity contribution in [2.24, 2.45) is 0 Å². The molecule has 0 unspecified atom stereocenters. The number of carboxylic acids is 1. The molecule has 206 valence electrons. The Morgan fingerprint density at radius 1 is 0.975 bits per heavy atom. The normalized spacial score (nSPS) is 15.3. The second-order valence-electron chi connectivity index (χ2n) is 9.99. The minimum absolute atomic E-state index is 0.0428. The van der Waals surface area contributed by atoms with E-state index in [4.69, 9.17) is 4.74 Å². The molecule has 1 heterocycles. The molecule has 0 radical (unpaired) electrons. The van der Waals surface area contributed by atoms with Crippen LogP contribution in [0.25, 0.3) is 21.6 Å². The number of anilines is 1. The summed E-state index contributed by atoms with van der Waals surface area (Å²) in [7, 11) is 0. The molecule has 1 fully saturated rings. The molecule has 4 aromatic rings. The van der Waals surface area contributed by atoms with Crippen LogP contribution in [0.15, 0.2) is 72.9 Å². The van der Waals surface area contributed by atoms with Crippen LogP contribution in [-0.2, 0) is 14.9 Å². The van der Waals surface area contributed by atoms with Gasteiger partial charge in [-0.3, -0.25) is 10.1 Å². The van der Waals surface area contributed by atoms with Crippen LogP contribution < -0.4 is 5.32 Å². The first kappa shape index (κ1) is 27.5. The lowest BCUT2D eigenvalue weighted by Crippen LogP contribution is -2.37. The van der Waals surface area contributed by atoms with Crippen molar-refractivity contribution in [1.82, 2.24) is 4.37 Å². The number of carbonyl (C=O) groups excluding carboxylic acids is 1. The van der Waals surface area contributed by atoms with Crippen molar-refractivity contribution in [3.63, 3.8) is 0 Å². The van der Waals surface area contributed by atoms with Crippen molar-refractivity contribution in [1.29, 1.82) is 0 Å². The van der Waals surface area contributed by atoms with Gasteiger partial charge in [0.05, 0.1) is 22.2 Å². The number of carbonyl (C=O) groups is 2. The van der Waals surface area contributed by atoms with Gasteiger partial charge in [0, 0.05) is 11.1 Å². The number of carboxylic acid groups (broad SMARTS) is 1. The molecule has 1 atom stereocenters. The molecule has 40 heavy (non-hydrogen) atoms. The Morgan fingerprint density at radius 3 is 2.30 bits per heavy atom. The van der Waals surface area contributed by atoms with Gasteiger partial charge in [0.1, 0.15) is 17.7 Å².